The van der Waals surface area contributed by atoms with Crippen LogP contribution in [-0.2, 0) is 6.54 Å². The zero-order chi connectivity index (χ0) is 20.9. The minimum Gasteiger partial charge on any atom is -0.396 e. The Labute approximate surface area is 171 Å². The molecule has 29 heavy (non-hydrogen) atoms. The molecule has 0 fully saturated rings. The molecule has 0 aliphatic heterocycles. The lowest BCUT2D eigenvalue weighted by atomic mass is 9.83. The molecular formula is C24H28N2O3. The molecule has 5 heteroatoms. The number of rotatable bonds is 8. The summed E-state index contributed by atoms with van der Waals surface area (Å²) in [5.74, 6) is -0.401. The van der Waals surface area contributed by atoms with Crippen molar-refractivity contribution in [3.63, 3.8) is 0 Å². The van der Waals surface area contributed by atoms with Gasteiger partial charge in [0.2, 0.25) is 5.43 Å². The number of benzene rings is 2. The van der Waals surface area contributed by atoms with Crippen molar-refractivity contribution in [1.82, 2.24) is 9.88 Å². The zero-order valence-corrected chi connectivity index (χ0v) is 17.0. The van der Waals surface area contributed by atoms with Gasteiger partial charge in [0.1, 0.15) is 5.56 Å². The van der Waals surface area contributed by atoms with E-state index >= 15 is 0 Å². The van der Waals surface area contributed by atoms with Gasteiger partial charge in [-0.15, -0.1) is 0 Å². The zero-order valence-electron chi connectivity index (χ0n) is 17.0. The predicted molar refractivity (Wildman–Crippen MR) is 116 cm³/mol. The van der Waals surface area contributed by atoms with Crippen molar-refractivity contribution < 1.29 is 9.90 Å². The van der Waals surface area contributed by atoms with Crippen LogP contribution in [0.1, 0.15) is 42.6 Å². The highest BCUT2D eigenvalue weighted by Crippen LogP contribution is 2.24. The van der Waals surface area contributed by atoms with E-state index in [-0.39, 0.29) is 23.0 Å². The van der Waals surface area contributed by atoms with E-state index in [9.17, 15) is 14.7 Å². The summed E-state index contributed by atoms with van der Waals surface area (Å²) in [7, 11) is 0. The maximum absolute atomic E-state index is 13.0. The summed E-state index contributed by atoms with van der Waals surface area (Å²) in [5, 5.41) is 13.1. The smallest absolute Gasteiger partial charge is 0.256 e. The van der Waals surface area contributed by atoms with Crippen LogP contribution in [0.5, 0.6) is 0 Å². The Morgan fingerprint density at radius 3 is 2.34 bits per heavy atom. The standard InChI is InChI=1S/C24H28N2O3/c1-3-24(4-2,17-27)16-25-23(29)20-15-26(14-18-10-6-5-7-11-18)21-13-9-8-12-19(21)22(20)28/h5-13,15,27H,3-4,14,16-17H2,1-2H3,(H,25,29). The SMILES string of the molecule is CCC(CC)(CO)CNC(=O)c1cn(Cc2ccccc2)c2ccccc2c1=O. The summed E-state index contributed by atoms with van der Waals surface area (Å²) in [6.45, 7) is 4.88. The highest BCUT2D eigenvalue weighted by molar-refractivity contribution is 5.97. The van der Waals surface area contributed by atoms with Crippen molar-refractivity contribution in [3.8, 4) is 0 Å². The average molecular weight is 392 g/mol. The molecule has 0 aliphatic rings. The van der Waals surface area contributed by atoms with Crippen LogP contribution in [0.25, 0.3) is 10.9 Å². The van der Waals surface area contributed by atoms with E-state index in [2.05, 4.69) is 5.32 Å². The van der Waals surface area contributed by atoms with Crippen molar-refractivity contribution in [1.29, 1.82) is 0 Å². The van der Waals surface area contributed by atoms with Crippen LogP contribution < -0.4 is 10.7 Å². The van der Waals surface area contributed by atoms with Gasteiger partial charge in [0.25, 0.3) is 5.91 Å². The molecule has 3 aromatic rings. The molecule has 0 unspecified atom stereocenters. The number of carbonyl (C=O) groups is 1. The first-order valence-corrected chi connectivity index (χ1v) is 10.1. The van der Waals surface area contributed by atoms with E-state index in [1.165, 1.54) is 0 Å². The number of aliphatic hydroxyl groups is 1. The summed E-state index contributed by atoms with van der Waals surface area (Å²) in [6, 6.07) is 17.3. The molecule has 0 aliphatic carbocycles. The van der Waals surface area contributed by atoms with Gasteiger partial charge >= 0.3 is 0 Å². The molecule has 0 saturated carbocycles. The van der Waals surface area contributed by atoms with Crippen LogP contribution in [0.2, 0.25) is 0 Å². The molecule has 2 aromatic carbocycles. The maximum Gasteiger partial charge on any atom is 0.256 e. The van der Waals surface area contributed by atoms with Gasteiger partial charge in [-0.05, 0) is 30.5 Å². The van der Waals surface area contributed by atoms with E-state index in [1.54, 1.807) is 12.3 Å². The van der Waals surface area contributed by atoms with Gasteiger partial charge in [0.05, 0.1) is 12.1 Å². The number of carbonyl (C=O) groups excluding carboxylic acids is 1. The molecule has 1 amide bonds. The van der Waals surface area contributed by atoms with Crippen LogP contribution in [0, 0.1) is 5.41 Å². The number of fused-ring (bicyclic) bond motifs is 1. The molecule has 0 radical (unpaired) electrons. The second-order valence-electron chi connectivity index (χ2n) is 7.55. The van der Waals surface area contributed by atoms with Crippen LogP contribution in [0.3, 0.4) is 0 Å². The van der Waals surface area contributed by atoms with Crippen LogP contribution >= 0.6 is 0 Å². The Kier molecular flexibility index (Phi) is 6.49. The Bertz CT molecular complexity index is 1030. The Balaban J connectivity index is 1.98. The van der Waals surface area contributed by atoms with Crippen molar-refractivity contribution >= 4 is 16.8 Å². The van der Waals surface area contributed by atoms with Crippen molar-refractivity contribution in [2.24, 2.45) is 5.41 Å². The first-order chi connectivity index (χ1) is 14.0. The minimum absolute atomic E-state index is 0.00373. The minimum atomic E-state index is -0.401. The lowest BCUT2D eigenvalue weighted by molar-refractivity contribution is 0.0849. The highest BCUT2D eigenvalue weighted by Gasteiger charge is 2.26. The maximum atomic E-state index is 13.0. The summed E-state index contributed by atoms with van der Waals surface area (Å²) < 4.78 is 1.94. The molecule has 0 bridgehead atoms. The number of nitrogens with zero attached hydrogens (tertiary/aromatic N) is 1. The van der Waals surface area contributed by atoms with Gasteiger partial charge in [-0.2, -0.15) is 0 Å². The number of pyridine rings is 1. The predicted octanol–water partition coefficient (Wildman–Crippen LogP) is 3.58. The third-order valence-electron chi connectivity index (χ3n) is 5.89. The van der Waals surface area contributed by atoms with Crippen molar-refractivity contribution in [2.45, 2.75) is 33.2 Å². The molecule has 5 nitrogen and oxygen atoms in total. The fourth-order valence-electron chi connectivity index (χ4n) is 3.56. The number of hydrogen-bond acceptors (Lipinski definition) is 3. The lowest BCUT2D eigenvalue weighted by Crippen LogP contribution is -2.40. The third-order valence-corrected chi connectivity index (χ3v) is 5.89. The van der Waals surface area contributed by atoms with Crippen molar-refractivity contribution in [3.05, 3.63) is 82.1 Å². The second-order valence-corrected chi connectivity index (χ2v) is 7.55. The Morgan fingerprint density at radius 2 is 1.69 bits per heavy atom. The van der Waals surface area contributed by atoms with Crippen LogP contribution in [0.15, 0.2) is 65.6 Å². The van der Waals surface area contributed by atoms with E-state index in [4.69, 9.17) is 0 Å². The molecule has 1 heterocycles. The van der Waals surface area contributed by atoms with E-state index in [0.717, 1.165) is 23.9 Å². The molecule has 152 valence electrons. The van der Waals surface area contributed by atoms with E-state index in [1.807, 2.05) is 66.9 Å². The van der Waals surface area contributed by atoms with E-state index < -0.39 is 5.91 Å². The first-order valence-electron chi connectivity index (χ1n) is 10.1. The molecule has 1 aromatic heterocycles. The monoisotopic (exact) mass is 392 g/mol. The van der Waals surface area contributed by atoms with Gasteiger partial charge < -0.3 is 15.0 Å². The molecule has 0 atom stereocenters. The van der Waals surface area contributed by atoms with E-state index in [0.29, 0.717) is 18.5 Å². The van der Waals surface area contributed by atoms with Gasteiger partial charge in [0, 0.05) is 30.1 Å². The first kappa shape index (κ1) is 20.8. The fourth-order valence-corrected chi connectivity index (χ4v) is 3.56. The number of nitrogens with one attached hydrogen (secondary N) is 1. The van der Waals surface area contributed by atoms with Gasteiger partial charge in [-0.25, -0.2) is 0 Å². The van der Waals surface area contributed by atoms with Crippen LogP contribution in [0.4, 0.5) is 0 Å². The Hall–Kier alpha value is -2.92. The Morgan fingerprint density at radius 1 is 1.03 bits per heavy atom. The third kappa shape index (κ3) is 4.40. The lowest BCUT2D eigenvalue weighted by Gasteiger charge is -2.29. The molecular weight excluding hydrogens is 364 g/mol. The summed E-state index contributed by atoms with van der Waals surface area (Å²) >= 11 is 0. The van der Waals surface area contributed by atoms with Gasteiger partial charge in [-0.1, -0.05) is 56.3 Å². The molecule has 2 N–H and O–H groups in total. The van der Waals surface area contributed by atoms with Crippen molar-refractivity contribution in [2.75, 3.05) is 13.2 Å². The fraction of sp³-hybridized carbons (Fsp3) is 0.333. The number of para-hydroxylation sites is 1. The molecule has 0 spiro atoms. The molecule has 3 rings (SSSR count). The second kappa shape index (κ2) is 9.05. The summed E-state index contributed by atoms with van der Waals surface area (Å²) in [4.78, 5) is 25.9. The van der Waals surface area contributed by atoms with Gasteiger partial charge in [-0.3, -0.25) is 9.59 Å². The number of aliphatic hydroxyl groups excluding tert-OH is 1. The number of hydrogen-bond donors (Lipinski definition) is 2. The highest BCUT2D eigenvalue weighted by atomic mass is 16.3. The molecule has 0 saturated heterocycles. The quantitative estimate of drug-likeness (QED) is 0.616. The summed E-state index contributed by atoms with van der Waals surface area (Å²) in [6.07, 6.45) is 3.14. The largest absolute Gasteiger partial charge is 0.396 e. The average Bonchev–Trinajstić information content (AvgIpc) is 2.77. The summed E-state index contributed by atoms with van der Waals surface area (Å²) in [5.41, 5.74) is 1.37. The van der Waals surface area contributed by atoms with Gasteiger partial charge in [0.15, 0.2) is 0 Å². The van der Waals surface area contributed by atoms with Crippen LogP contribution in [-0.4, -0.2) is 28.7 Å². The normalized spacial score (nSPS) is 11.6. The topological polar surface area (TPSA) is 71.3 Å². The number of amides is 1. The number of aromatic nitrogens is 1.